The number of alkyl halides is 3. The highest BCUT2D eigenvalue weighted by Gasteiger charge is 2.32. The highest BCUT2D eigenvalue weighted by atomic mass is 19.4. The zero-order valence-electron chi connectivity index (χ0n) is 7.64. The molecule has 0 N–H and O–H groups in total. The lowest BCUT2D eigenvalue weighted by atomic mass is 10.1. The lowest BCUT2D eigenvalue weighted by Crippen LogP contribution is -2.07. The molecule has 1 heterocycles. The summed E-state index contributed by atoms with van der Waals surface area (Å²) in [7, 11) is 0. The third-order valence-electron chi connectivity index (χ3n) is 2.23. The van der Waals surface area contributed by atoms with Crippen LogP contribution in [-0.4, -0.2) is 12.7 Å². The van der Waals surface area contributed by atoms with Crippen LogP contribution in [0.3, 0.4) is 0 Å². The van der Waals surface area contributed by atoms with E-state index in [1.807, 2.05) is 0 Å². The molecule has 1 aromatic rings. The topological polar surface area (TPSA) is 12.5 Å². The Morgan fingerprint density at radius 3 is 2.47 bits per heavy atom. The molecule has 0 radical (unpaired) electrons. The van der Waals surface area contributed by atoms with Gasteiger partial charge in [-0.25, -0.2) is 4.39 Å². The van der Waals surface area contributed by atoms with E-state index >= 15 is 0 Å². The Labute approximate surface area is 83.7 Å². The summed E-state index contributed by atoms with van der Waals surface area (Å²) in [5, 5.41) is 0. The Balaban J connectivity index is 2.21. The first kappa shape index (κ1) is 10.4. The van der Waals surface area contributed by atoms with E-state index in [0.29, 0.717) is 19.1 Å². The standard InChI is InChI=1S/C10H8F4O/c11-9-4-7(10(12,13)14)2-1-6(9)3-8-5-15-8/h1-2,4,8H,3,5H2. The van der Waals surface area contributed by atoms with Crippen molar-refractivity contribution in [3.05, 3.63) is 35.1 Å². The summed E-state index contributed by atoms with van der Waals surface area (Å²) in [6, 6.07) is 2.58. The molecule has 0 aromatic heterocycles. The Bertz CT molecular complexity index is 368. The largest absolute Gasteiger partial charge is 0.416 e. The van der Waals surface area contributed by atoms with Gasteiger partial charge in [0.05, 0.1) is 18.3 Å². The first-order valence-electron chi connectivity index (χ1n) is 4.44. The smallest absolute Gasteiger partial charge is 0.373 e. The second-order valence-electron chi connectivity index (χ2n) is 3.46. The van der Waals surface area contributed by atoms with E-state index in [1.54, 1.807) is 0 Å². The Morgan fingerprint density at radius 2 is 2.00 bits per heavy atom. The Hall–Kier alpha value is -1.10. The van der Waals surface area contributed by atoms with Crippen molar-refractivity contribution in [2.24, 2.45) is 0 Å². The van der Waals surface area contributed by atoms with Gasteiger partial charge in [0.15, 0.2) is 0 Å². The van der Waals surface area contributed by atoms with Gasteiger partial charge in [0.25, 0.3) is 0 Å². The van der Waals surface area contributed by atoms with Gasteiger partial charge in [-0.1, -0.05) is 6.07 Å². The molecule has 0 aliphatic carbocycles. The van der Waals surface area contributed by atoms with Crippen LogP contribution >= 0.6 is 0 Å². The molecule has 1 aromatic carbocycles. The molecular formula is C10H8F4O. The number of hydrogen-bond donors (Lipinski definition) is 0. The number of ether oxygens (including phenoxy) is 1. The molecule has 0 saturated carbocycles. The molecular weight excluding hydrogens is 212 g/mol. The maximum atomic E-state index is 13.2. The number of halogens is 4. The summed E-state index contributed by atoms with van der Waals surface area (Å²) in [5.74, 6) is -0.819. The summed E-state index contributed by atoms with van der Waals surface area (Å²) in [6.07, 6.45) is -4.18. The van der Waals surface area contributed by atoms with Crippen molar-refractivity contribution in [1.29, 1.82) is 0 Å². The monoisotopic (exact) mass is 220 g/mol. The van der Waals surface area contributed by atoms with E-state index < -0.39 is 17.6 Å². The van der Waals surface area contributed by atoms with Gasteiger partial charge in [-0.3, -0.25) is 0 Å². The van der Waals surface area contributed by atoms with Crippen molar-refractivity contribution in [3.8, 4) is 0 Å². The van der Waals surface area contributed by atoms with Gasteiger partial charge in [-0.15, -0.1) is 0 Å². The lowest BCUT2D eigenvalue weighted by Gasteiger charge is -2.08. The van der Waals surface area contributed by atoms with Crippen LogP contribution in [0.15, 0.2) is 18.2 Å². The van der Waals surface area contributed by atoms with Gasteiger partial charge in [-0.05, 0) is 17.7 Å². The van der Waals surface area contributed by atoms with Crippen LogP contribution in [0.4, 0.5) is 17.6 Å². The van der Waals surface area contributed by atoms with Crippen molar-refractivity contribution in [3.63, 3.8) is 0 Å². The Kier molecular flexibility index (Phi) is 2.42. The fourth-order valence-electron chi connectivity index (χ4n) is 1.32. The highest BCUT2D eigenvalue weighted by molar-refractivity contribution is 5.27. The van der Waals surface area contributed by atoms with Crippen molar-refractivity contribution in [2.45, 2.75) is 18.7 Å². The van der Waals surface area contributed by atoms with Crippen molar-refractivity contribution >= 4 is 0 Å². The molecule has 15 heavy (non-hydrogen) atoms. The molecule has 0 amide bonds. The molecule has 5 heteroatoms. The van der Waals surface area contributed by atoms with Crippen LogP contribution in [0.25, 0.3) is 0 Å². The molecule has 0 bridgehead atoms. The van der Waals surface area contributed by atoms with E-state index in [2.05, 4.69) is 0 Å². The SMILES string of the molecule is Fc1cc(C(F)(F)F)ccc1CC1CO1. The maximum absolute atomic E-state index is 13.2. The van der Waals surface area contributed by atoms with Gasteiger partial charge in [0, 0.05) is 6.42 Å². The average Bonchev–Trinajstić information content (AvgIpc) is 2.90. The maximum Gasteiger partial charge on any atom is 0.416 e. The molecule has 2 rings (SSSR count). The van der Waals surface area contributed by atoms with Crippen LogP contribution < -0.4 is 0 Å². The van der Waals surface area contributed by atoms with E-state index in [4.69, 9.17) is 4.74 Å². The third kappa shape index (κ3) is 2.47. The number of epoxide rings is 1. The number of hydrogen-bond acceptors (Lipinski definition) is 1. The van der Waals surface area contributed by atoms with Gasteiger partial charge in [0.2, 0.25) is 0 Å². The normalized spacial score (nSPS) is 20.4. The predicted molar refractivity (Wildman–Crippen MR) is 44.8 cm³/mol. The van der Waals surface area contributed by atoms with E-state index in [-0.39, 0.29) is 11.7 Å². The fourth-order valence-corrected chi connectivity index (χ4v) is 1.32. The minimum Gasteiger partial charge on any atom is -0.373 e. The predicted octanol–water partition coefficient (Wildman–Crippen LogP) is 2.79. The number of rotatable bonds is 2. The first-order valence-corrected chi connectivity index (χ1v) is 4.44. The fraction of sp³-hybridized carbons (Fsp3) is 0.400. The summed E-state index contributed by atoms with van der Waals surface area (Å²) in [6.45, 7) is 0.556. The van der Waals surface area contributed by atoms with E-state index in [9.17, 15) is 17.6 Å². The summed E-state index contributed by atoms with van der Waals surface area (Å²) in [4.78, 5) is 0. The molecule has 82 valence electrons. The zero-order valence-corrected chi connectivity index (χ0v) is 7.64. The summed E-state index contributed by atoms with van der Waals surface area (Å²) < 4.78 is 54.6. The van der Waals surface area contributed by atoms with E-state index in [1.165, 1.54) is 6.07 Å². The van der Waals surface area contributed by atoms with Crippen LogP contribution in [0.2, 0.25) is 0 Å². The van der Waals surface area contributed by atoms with Crippen molar-refractivity contribution < 1.29 is 22.3 Å². The molecule has 1 fully saturated rings. The molecule has 1 saturated heterocycles. The second kappa shape index (κ2) is 3.48. The van der Waals surface area contributed by atoms with Gasteiger partial charge in [0.1, 0.15) is 5.82 Å². The van der Waals surface area contributed by atoms with Gasteiger partial charge >= 0.3 is 6.18 Å². The second-order valence-corrected chi connectivity index (χ2v) is 3.46. The van der Waals surface area contributed by atoms with Crippen LogP contribution in [0.5, 0.6) is 0 Å². The average molecular weight is 220 g/mol. The van der Waals surface area contributed by atoms with E-state index in [0.717, 1.165) is 6.07 Å². The highest BCUT2D eigenvalue weighted by Crippen LogP contribution is 2.30. The van der Waals surface area contributed by atoms with Crippen LogP contribution in [-0.2, 0) is 17.3 Å². The lowest BCUT2D eigenvalue weighted by molar-refractivity contribution is -0.137. The first-order chi connectivity index (χ1) is 6.97. The molecule has 1 nitrogen and oxygen atoms in total. The van der Waals surface area contributed by atoms with Gasteiger partial charge < -0.3 is 4.74 Å². The molecule has 1 atom stereocenters. The molecule has 1 unspecified atom stereocenters. The van der Waals surface area contributed by atoms with Crippen molar-refractivity contribution in [1.82, 2.24) is 0 Å². The summed E-state index contributed by atoms with van der Waals surface area (Å²) >= 11 is 0. The molecule has 0 spiro atoms. The van der Waals surface area contributed by atoms with Crippen LogP contribution in [0.1, 0.15) is 11.1 Å². The number of benzene rings is 1. The summed E-state index contributed by atoms with van der Waals surface area (Å²) in [5.41, 5.74) is -0.689. The minimum atomic E-state index is -4.49. The zero-order chi connectivity index (χ0) is 11.1. The third-order valence-corrected chi connectivity index (χ3v) is 2.23. The van der Waals surface area contributed by atoms with Crippen molar-refractivity contribution in [2.75, 3.05) is 6.61 Å². The molecule has 1 aliphatic heterocycles. The quantitative estimate of drug-likeness (QED) is 0.551. The van der Waals surface area contributed by atoms with Crippen LogP contribution in [0, 0.1) is 5.82 Å². The molecule has 1 aliphatic rings. The Morgan fingerprint density at radius 1 is 1.33 bits per heavy atom. The minimum absolute atomic E-state index is 0.0313. The van der Waals surface area contributed by atoms with Gasteiger partial charge in [-0.2, -0.15) is 13.2 Å².